The van der Waals surface area contributed by atoms with Gasteiger partial charge in [0.15, 0.2) is 5.65 Å². The molecule has 5 rings (SSSR count). The molecule has 0 bridgehead atoms. The summed E-state index contributed by atoms with van der Waals surface area (Å²) in [5.41, 5.74) is 5.43. The lowest BCUT2D eigenvalue weighted by Gasteiger charge is -2.18. The zero-order valence-corrected chi connectivity index (χ0v) is 20.9. The van der Waals surface area contributed by atoms with Crippen molar-refractivity contribution in [2.75, 3.05) is 7.11 Å². The summed E-state index contributed by atoms with van der Waals surface area (Å²) < 4.78 is 18.8. The molecule has 5 aromatic rings. The number of carbonyl (C=O) groups is 1. The van der Waals surface area contributed by atoms with Crippen LogP contribution < -0.4 is 9.47 Å². The van der Waals surface area contributed by atoms with Crippen LogP contribution in [0, 0.1) is 0 Å². The monoisotopic (exact) mass is 493 g/mol. The number of methoxy groups -OCH3 is 1. The minimum atomic E-state index is -0.720. The summed E-state index contributed by atoms with van der Waals surface area (Å²) in [6.07, 6.45) is 1.13. The molecule has 0 saturated carbocycles. The molecule has 0 N–H and O–H groups in total. The number of hydrogen-bond donors (Lipinski definition) is 0. The fourth-order valence-electron chi connectivity index (χ4n) is 4.29. The van der Waals surface area contributed by atoms with Crippen LogP contribution in [0.5, 0.6) is 11.5 Å². The third-order valence-electron chi connectivity index (χ3n) is 5.97. The predicted molar refractivity (Wildman–Crippen MR) is 142 cm³/mol. The molecule has 0 spiro atoms. The number of hydrogen-bond acceptors (Lipinski definition) is 6. The Hall–Kier alpha value is -4.65. The van der Waals surface area contributed by atoms with Crippen molar-refractivity contribution >= 4 is 17.1 Å². The standard InChI is InChI=1S/C30H27N3O4/c1-20(34)36-21(2)37-28-15-8-7-12-24(28)19-33-27-17-25(22-10-5-4-6-11-22)18-31-29(27)32-30(33)23-13-9-14-26(16-23)35-3/h4-18,21H,19H2,1-3H3. The third kappa shape index (κ3) is 5.30. The van der Waals surface area contributed by atoms with Gasteiger partial charge in [-0.2, -0.15) is 0 Å². The molecule has 0 aliphatic rings. The minimum absolute atomic E-state index is 0.398. The molecule has 0 amide bonds. The van der Waals surface area contributed by atoms with E-state index >= 15 is 0 Å². The molecule has 37 heavy (non-hydrogen) atoms. The number of fused-ring (bicyclic) bond motifs is 1. The number of benzene rings is 3. The van der Waals surface area contributed by atoms with Crippen molar-refractivity contribution in [1.82, 2.24) is 14.5 Å². The summed E-state index contributed by atoms with van der Waals surface area (Å²) in [6, 6.07) is 27.8. The molecular formula is C30H27N3O4. The average molecular weight is 494 g/mol. The molecule has 0 aliphatic carbocycles. The highest BCUT2D eigenvalue weighted by Gasteiger charge is 2.18. The minimum Gasteiger partial charge on any atom is -0.497 e. The molecule has 3 aromatic carbocycles. The first-order valence-corrected chi connectivity index (χ1v) is 12.0. The van der Waals surface area contributed by atoms with Crippen molar-refractivity contribution in [3.05, 3.63) is 96.7 Å². The van der Waals surface area contributed by atoms with E-state index in [0.717, 1.165) is 39.3 Å². The second-order valence-electron chi connectivity index (χ2n) is 8.59. The van der Waals surface area contributed by atoms with E-state index in [9.17, 15) is 4.79 Å². The molecule has 2 heterocycles. The van der Waals surface area contributed by atoms with E-state index in [0.29, 0.717) is 17.9 Å². The summed E-state index contributed by atoms with van der Waals surface area (Å²) in [5.74, 6) is 1.73. The number of carbonyl (C=O) groups excluding carboxylic acids is 1. The molecule has 0 aliphatic heterocycles. The van der Waals surface area contributed by atoms with Crippen LogP contribution in [-0.2, 0) is 16.1 Å². The number of imidazole rings is 1. The predicted octanol–water partition coefficient (Wildman–Crippen LogP) is 6.11. The van der Waals surface area contributed by atoms with E-state index < -0.39 is 12.3 Å². The van der Waals surface area contributed by atoms with E-state index in [1.165, 1.54) is 6.92 Å². The molecule has 1 unspecified atom stereocenters. The van der Waals surface area contributed by atoms with Crippen LogP contribution in [-0.4, -0.2) is 33.9 Å². The second-order valence-corrected chi connectivity index (χ2v) is 8.59. The number of rotatable bonds is 8. The molecule has 0 fully saturated rings. The maximum absolute atomic E-state index is 11.4. The topological polar surface area (TPSA) is 75.5 Å². The van der Waals surface area contributed by atoms with Gasteiger partial charge in [0, 0.05) is 36.7 Å². The lowest BCUT2D eigenvalue weighted by atomic mass is 10.1. The quantitative estimate of drug-likeness (QED) is 0.192. The Balaban J connectivity index is 1.63. The summed E-state index contributed by atoms with van der Waals surface area (Å²) in [6.45, 7) is 3.52. The smallest absolute Gasteiger partial charge is 0.305 e. The maximum Gasteiger partial charge on any atom is 0.305 e. The zero-order valence-electron chi connectivity index (χ0n) is 20.9. The van der Waals surface area contributed by atoms with Gasteiger partial charge in [0.05, 0.1) is 19.2 Å². The Morgan fingerprint density at radius 1 is 0.919 bits per heavy atom. The molecule has 186 valence electrons. The van der Waals surface area contributed by atoms with Gasteiger partial charge in [-0.3, -0.25) is 4.79 Å². The molecule has 2 aromatic heterocycles. The Morgan fingerprint density at radius 2 is 1.68 bits per heavy atom. The number of ether oxygens (including phenoxy) is 3. The van der Waals surface area contributed by atoms with Gasteiger partial charge in [0.1, 0.15) is 17.3 Å². The molecule has 1 atom stereocenters. The van der Waals surface area contributed by atoms with Crippen molar-refractivity contribution in [2.24, 2.45) is 0 Å². The summed E-state index contributed by atoms with van der Waals surface area (Å²) in [7, 11) is 1.65. The van der Waals surface area contributed by atoms with Crippen molar-refractivity contribution in [2.45, 2.75) is 26.7 Å². The summed E-state index contributed by atoms with van der Waals surface area (Å²) in [4.78, 5) is 21.0. The Morgan fingerprint density at radius 3 is 2.46 bits per heavy atom. The van der Waals surface area contributed by atoms with Gasteiger partial charge in [-0.15, -0.1) is 0 Å². The first-order chi connectivity index (χ1) is 18.0. The van der Waals surface area contributed by atoms with E-state index in [1.807, 2.05) is 72.9 Å². The Kier molecular flexibility index (Phi) is 6.85. The van der Waals surface area contributed by atoms with Crippen LogP contribution in [0.3, 0.4) is 0 Å². The molecule has 7 nitrogen and oxygen atoms in total. The normalized spacial score (nSPS) is 11.8. The molecular weight excluding hydrogens is 466 g/mol. The Labute approximate surface area is 215 Å². The first-order valence-electron chi connectivity index (χ1n) is 12.0. The van der Waals surface area contributed by atoms with Gasteiger partial charge in [-0.1, -0.05) is 60.7 Å². The van der Waals surface area contributed by atoms with Crippen LogP contribution in [0.1, 0.15) is 19.4 Å². The fourth-order valence-corrected chi connectivity index (χ4v) is 4.29. The summed E-state index contributed by atoms with van der Waals surface area (Å²) >= 11 is 0. The lowest BCUT2D eigenvalue weighted by molar-refractivity contribution is -0.158. The van der Waals surface area contributed by atoms with Crippen LogP contribution in [0.15, 0.2) is 91.1 Å². The van der Waals surface area contributed by atoms with E-state index in [4.69, 9.17) is 24.2 Å². The number of nitrogens with zero attached hydrogens (tertiary/aromatic N) is 3. The van der Waals surface area contributed by atoms with Crippen molar-refractivity contribution in [3.63, 3.8) is 0 Å². The van der Waals surface area contributed by atoms with E-state index in [-0.39, 0.29) is 0 Å². The van der Waals surface area contributed by atoms with E-state index in [2.05, 4.69) is 22.8 Å². The number of pyridine rings is 1. The van der Waals surface area contributed by atoms with E-state index in [1.54, 1.807) is 14.0 Å². The fraction of sp³-hybridized carbons (Fsp3) is 0.167. The first kappa shape index (κ1) is 24.1. The average Bonchev–Trinajstić information content (AvgIpc) is 3.27. The van der Waals surface area contributed by atoms with Crippen LogP contribution in [0.2, 0.25) is 0 Å². The van der Waals surface area contributed by atoms with Crippen LogP contribution in [0.4, 0.5) is 0 Å². The second kappa shape index (κ2) is 10.5. The number of para-hydroxylation sites is 1. The largest absolute Gasteiger partial charge is 0.497 e. The third-order valence-corrected chi connectivity index (χ3v) is 5.97. The lowest BCUT2D eigenvalue weighted by Crippen LogP contribution is -2.20. The van der Waals surface area contributed by atoms with Crippen molar-refractivity contribution in [1.29, 1.82) is 0 Å². The van der Waals surface area contributed by atoms with Crippen LogP contribution >= 0.6 is 0 Å². The van der Waals surface area contributed by atoms with Gasteiger partial charge >= 0.3 is 5.97 Å². The number of esters is 1. The SMILES string of the molecule is COc1cccc(-c2nc3ncc(-c4ccccc4)cc3n2Cc2ccccc2OC(C)OC(C)=O)c1. The maximum atomic E-state index is 11.4. The van der Waals surface area contributed by atoms with Gasteiger partial charge < -0.3 is 18.8 Å². The zero-order chi connectivity index (χ0) is 25.8. The molecule has 0 radical (unpaired) electrons. The highest BCUT2D eigenvalue weighted by molar-refractivity contribution is 5.82. The van der Waals surface area contributed by atoms with Gasteiger partial charge in [-0.25, -0.2) is 9.97 Å². The highest BCUT2D eigenvalue weighted by atomic mass is 16.7. The van der Waals surface area contributed by atoms with Gasteiger partial charge in [0.2, 0.25) is 6.29 Å². The van der Waals surface area contributed by atoms with Gasteiger partial charge in [0.25, 0.3) is 0 Å². The van der Waals surface area contributed by atoms with Gasteiger partial charge in [-0.05, 0) is 29.8 Å². The van der Waals surface area contributed by atoms with Crippen LogP contribution in [0.25, 0.3) is 33.7 Å². The number of aromatic nitrogens is 3. The highest BCUT2D eigenvalue weighted by Crippen LogP contribution is 2.31. The molecule has 7 heteroatoms. The van der Waals surface area contributed by atoms with Crippen molar-refractivity contribution in [3.8, 4) is 34.0 Å². The summed E-state index contributed by atoms with van der Waals surface area (Å²) in [5, 5.41) is 0. The molecule has 0 saturated heterocycles. The van der Waals surface area contributed by atoms with Crippen molar-refractivity contribution < 1.29 is 19.0 Å². The Bertz CT molecular complexity index is 1550.